The van der Waals surface area contributed by atoms with Gasteiger partial charge in [-0.25, -0.2) is 4.79 Å². The lowest BCUT2D eigenvalue weighted by molar-refractivity contribution is -0.137. The van der Waals surface area contributed by atoms with Gasteiger partial charge in [-0.1, -0.05) is 19.1 Å². The maximum Gasteiger partial charge on any atom is 0.345 e. The van der Waals surface area contributed by atoms with Crippen LogP contribution in [-0.4, -0.2) is 11.9 Å². The molecule has 0 aliphatic heterocycles. The maximum atomic E-state index is 11.4. The van der Waals surface area contributed by atoms with Gasteiger partial charge in [0.05, 0.1) is 5.56 Å². The van der Waals surface area contributed by atoms with Crippen molar-refractivity contribution in [1.29, 1.82) is 0 Å². The van der Waals surface area contributed by atoms with Crippen molar-refractivity contribution in [2.45, 2.75) is 19.1 Å². The first-order valence-electron chi connectivity index (χ1n) is 4.62. The fourth-order valence-electron chi connectivity index (χ4n) is 0.981. The Morgan fingerprint density at radius 3 is 2.33 bits per heavy atom. The van der Waals surface area contributed by atoms with Crippen LogP contribution in [0.4, 0.5) is 0 Å². The average Bonchev–Trinajstić information content (AvgIpc) is 2.29. The lowest BCUT2D eigenvalue weighted by Crippen LogP contribution is -2.11. The van der Waals surface area contributed by atoms with E-state index in [4.69, 9.17) is 0 Å². The van der Waals surface area contributed by atoms with Crippen LogP contribution in [0.25, 0.3) is 0 Å². The van der Waals surface area contributed by atoms with Crippen LogP contribution in [0.15, 0.2) is 24.3 Å². The molecule has 0 unspecified atom stereocenters. The minimum atomic E-state index is -0.604. The Kier molecular flexibility index (Phi) is 4.37. The second-order valence-corrected chi connectivity index (χ2v) is 3.29. The van der Waals surface area contributed by atoms with Crippen LogP contribution in [0.2, 0.25) is 0 Å². The second-order valence-electron chi connectivity index (χ2n) is 2.97. The number of carbonyl (C=O) groups is 2. The number of thiol groups is 1. The summed E-state index contributed by atoms with van der Waals surface area (Å²) >= 11 is 4.10. The van der Waals surface area contributed by atoms with Gasteiger partial charge in [0.25, 0.3) is 0 Å². The average molecular weight is 224 g/mol. The molecule has 1 aromatic rings. The van der Waals surface area contributed by atoms with Crippen LogP contribution >= 0.6 is 12.6 Å². The van der Waals surface area contributed by atoms with Gasteiger partial charge in [0.2, 0.25) is 0 Å². The van der Waals surface area contributed by atoms with Gasteiger partial charge in [-0.15, -0.1) is 0 Å². The molecule has 0 saturated carbocycles. The van der Waals surface area contributed by atoms with Crippen molar-refractivity contribution in [3.8, 4) is 0 Å². The monoisotopic (exact) mass is 224 g/mol. The standard InChI is InChI=1S/C11H12O3S/c1-2-10(12)14-11(13)9-5-3-8(7-15)4-6-9/h3-6,15H,2,7H2,1H3. The zero-order valence-electron chi connectivity index (χ0n) is 8.40. The van der Waals surface area contributed by atoms with E-state index in [1.165, 1.54) is 0 Å². The van der Waals surface area contributed by atoms with E-state index < -0.39 is 11.9 Å². The van der Waals surface area contributed by atoms with Crippen molar-refractivity contribution in [2.24, 2.45) is 0 Å². The zero-order valence-corrected chi connectivity index (χ0v) is 9.29. The molecule has 0 saturated heterocycles. The summed E-state index contributed by atoms with van der Waals surface area (Å²) in [5, 5.41) is 0. The highest BCUT2D eigenvalue weighted by atomic mass is 32.1. The highest BCUT2D eigenvalue weighted by molar-refractivity contribution is 7.79. The molecular formula is C11H12O3S. The molecule has 1 rings (SSSR count). The van der Waals surface area contributed by atoms with Gasteiger partial charge in [0.15, 0.2) is 0 Å². The molecule has 80 valence electrons. The van der Waals surface area contributed by atoms with Crippen molar-refractivity contribution in [2.75, 3.05) is 0 Å². The molecule has 0 atom stereocenters. The number of benzene rings is 1. The molecule has 0 fully saturated rings. The molecule has 3 nitrogen and oxygen atoms in total. The molecule has 0 spiro atoms. The van der Waals surface area contributed by atoms with Gasteiger partial charge in [-0.3, -0.25) is 4.79 Å². The maximum absolute atomic E-state index is 11.4. The van der Waals surface area contributed by atoms with Crippen molar-refractivity contribution >= 4 is 24.6 Å². The van der Waals surface area contributed by atoms with E-state index in [0.29, 0.717) is 11.3 Å². The summed E-state index contributed by atoms with van der Waals surface area (Å²) in [4.78, 5) is 22.2. The second kappa shape index (κ2) is 5.56. The fraction of sp³-hybridized carbons (Fsp3) is 0.273. The fourth-order valence-corrected chi connectivity index (χ4v) is 1.19. The SMILES string of the molecule is CCC(=O)OC(=O)c1ccc(CS)cc1. The van der Waals surface area contributed by atoms with E-state index in [9.17, 15) is 9.59 Å². The van der Waals surface area contributed by atoms with Crippen LogP contribution in [0, 0.1) is 0 Å². The van der Waals surface area contributed by atoms with E-state index in [1.54, 1.807) is 31.2 Å². The lowest BCUT2D eigenvalue weighted by atomic mass is 10.1. The third kappa shape index (κ3) is 3.40. The number of ether oxygens (including phenoxy) is 1. The summed E-state index contributed by atoms with van der Waals surface area (Å²) < 4.78 is 4.56. The Bertz CT molecular complexity index is 357. The van der Waals surface area contributed by atoms with Gasteiger partial charge in [-0.05, 0) is 17.7 Å². The Labute approximate surface area is 93.8 Å². The number of esters is 2. The molecule has 0 amide bonds. The Balaban J connectivity index is 2.70. The number of carbonyl (C=O) groups excluding carboxylic acids is 2. The van der Waals surface area contributed by atoms with Gasteiger partial charge in [0, 0.05) is 12.2 Å². The van der Waals surface area contributed by atoms with E-state index in [-0.39, 0.29) is 6.42 Å². The van der Waals surface area contributed by atoms with Gasteiger partial charge < -0.3 is 4.74 Å². The van der Waals surface area contributed by atoms with Gasteiger partial charge in [-0.2, -0.15) is 12.6 Å². The molecule has 0 radical (unpaired) electrons. The van der Waals surface area contributed by atoms with Crippen molar-refractivity contribution in [3.63, 3.8) is 0 Å². The summed E-state index contributed by atoms with van der Waals surface area (Å²) in [6.07, 6.45) is 0.195. The summed E-state index contributed by atoms with van der Waals surface area (Å²) in [7, 11) is 0. The molecule has 1 aromatic carbocycles. The van der Waals surface area contributed by atoms with Crippen LogP contribution < -0.4 is 0 Å². The first-order chi connectivity index (χ1) is 7.17. The predicted molar refractivity (Wildman–Crippen MR) is 59.8 cm³/mol. The summed E-state index contributed by atoms with van der Waals surface area (Å²) in [5.41, 5.74) is 1.39. The minimum Gasteiger partial charge on any atom is -0.389 e. The third-order valence-corrected chi connectivity index (χ3v) is 2.23. The Morgan fingerprint density at radius 2 is 1.87 bits per heavy atom. The topological polar surface area (TPSA) is 43.4 Å². The molecule has 0 N–H and O–H groups in total. The number of hydrogen-bond donors (Lipinski definition) is 1. The molecular weight excluding hydrogens is 212 g/mol. The number of hydrogen-bond acceptors (Lipinski definition) is 4. The van der Waals surface area contributed by atoms with Crippen LogP contribution in [0.3, 0.4) is 0 Å². The van der Waals surface area contributed by atoms with E-state index >= 15 is 0 Å². The van der Waals surface area contributed by atoms with Crippen molar-refractivity contribution in [3.05, 3.63) is 35.4 Å². The highest BCUT2D eigenvalue weighted by Crippen LogP contribution is 2.08. The first kappa shape index (κ1) is 11.8. The summed E-state index contributed by atoms with van der Waals surface area (Å²) in [6.45, 7) is 1.64. The largest absolute Gasteiger partial charge is 0.389 e. The Hall–Kier alpha value is -1.29. The van der Waals surface area contributed by atoms with Gasteiger partial charge in [0.1, 0.15) is 0 Å². The van der Waals surface area contributed by atoms with Crippen molar-refractivity contribution < 1.29 is 14.3 Å². The summed E-state index contributed by atoms with van der Waals surface area (Å²) in [6, 6.07) is 6.80. The quantitative estimate of drug-likeness (QED) is 0.486. The number of rotatable bonds is 3. The van der Waals surface area contributed by atoms with Crippen LogP contribution in [-0.2, 0) is 15.3 Å². The lowest BCUT2D eigenvalue weighted by Gasteiger charge is -2.01. The van der Waals surface area contributed by atoms with Crippen molar-refractivity contribution in [1.82, 2.24) is 0 Å². The van der Waals surface area contributed by atoms with Gasteiger partial charge >= 0.3 is 11.9 Å². The molecule has 0 heterocycles. The molecule has 0 aromatic heterocycles. The molecule has 15 heavy (non-hydrogen) atoms. The first-order valence-corrected chi connectivity index (χ1v) is 5.25. The van der Waals surface area contributed by atoms with Crippen LogP contribution in [0.1, 0.15) is 29.3 Å². The van der Waals surface area contributed by atoms with E-state index in [1.807, 2.05) is 0 Å². The third-order valence-electron chi connectivity index (χ3n) is 1.87. The van der Waals surface area contributed by atoms with E-state index in [2.05, 4.69) is 17.4 Å². The molecule has 0 aliphatic carbocycles. The van der Waals surface area contributed by atoms with E-state index in [0.717, 1.165) is 5.56 Å². The molecule has 0 aliphatic rings. The summed E-state index contributed by atoms with van der Waals surface area (Å²) in [5.74, 6) is -0.505. The predicted octanol–water partition coefficient (Wildman–Crippen LogP) is 2.21. The zero-order chi connectivity index (χ0) is 11.3. The Morgan fingerprint density at radius 1 is 1.27 bits per heavy atom. The molecule has 0 bridgehead atoms. The van der Waals surface area contributed by atoms with Crippen LogP contribution in [0.5, 0.6) is 0 Å². The molecule has 4 heteroatoms. The smallest absolute Gasteiger partial charge is 0.345 e. The minimum absolute atomic E-state index is 0.195. The normalized spacial score (nSPS) is 9.73. The highest BCUT2D eigenvalue weighted by Gasteiger charge is 2.10.